The van der Waals surface area contributed by atoms with Gasteiger partial charge in [0.2, 0.25) is 17.7 Å². The van der Waals surface area contributed by atoms with Gasteiger partial charge in [-0.05, 0) is 20.3 Å². The zero-order valence-electron chi connectivity index (χ0n) is 18.8. The number of carbonyl (C=O) groups excluding carboxylic acids is 3. The molecule has 0 radical (unpaired) electrons. The van der Waals surface area contributed by atoms with E-state index < -0.39 is 91.5 Å². The molecule has 0 aromatic carbocycles. The number of aliphatic carboxylic acids is 2. The molecule has 1 heterocycles. The maximum atomic E-state index is 12.5. The van der Waals surface area contributed by atoms with Crippen molar-refractivity contribution in [3.05, 3.63) is 0 Å². The molecule has 1 fully saturated rings. The van der Waals surface area contributed by atoms with E-state index in [0.717, 1.165) is 6.92 Å². The number of hydrogen-bond donors (Lipinski definition) is 8. The van der Waals surface area contributed by atoms with Gasteiger partial charge in [0, 0.05) is 13.3 Å². The molecule has 34 heavy (non-hydrogen) atoms. The lowest BCUT2D eigenvalue weighted by molar-refractivity contribution is -0.266. The first-order valence-corrected chi connectivity index (χ1v) is 10.4. The third-order valence-electron chi connectivity index (χ3n) is 4.99. The first-order valence-electron chi connectivity index (χ1n) is 10.4. The van der Waals surface area contributed by atoms with Crippen LogP contribution in [0.4, 0.5) is 0 Å². The standard InChI is InChI=1S/C19H31N3O12/c1-7(16(28)22-10(18(30)31)4-5-12(25)26)20-17(29)8(2)33-15-13(21-9(3)24)19(32)34-11(6-23)14(15)27/h7-8,10-11,13-15,19,23,27,32H,4-6H2,1-3H3,(H,20,29)(H,21,24)(H,22,28)(H,25,26)(H,30,31)/t7-,8+,10+,11+,13+,14+,15+,19+/m0/s1. The Balaban J connectivity index is 2.80. The SMILES string of the molecule is CC(=O)N[C@@H]1[C@@H](O[C@H](C)C(=O)N[C@@H](C)C(=O)N[C@H](CCC(=O)O)C(=O)O)[C@H](O)[C@@H](CO)O[C@H]1O. The molecule has 15 heteroatoms. The lowest BCUT2D eigenvalue weighted by Gasteiger charge is -2.43. The highest BCUT2D eigenvalue weighted by Gasteiger charge is 2.47. The number of amides is 3. The predicted octanol–water partition coefficient (Wildman–Crippen LogP) is -3.73. The minimum Gasteiger partial charge on any atom is -0.481 e. The van der Waals surface area contributed by atoms with Crippen molar-refractivity contribution in [2.75, 3.05) is 6.61 Å². The molecule has 0 unspecified atom stereocenters. The Kier molecular flexibility index (Phi) is 11.3. The summed E-state index contributed by atoms with van der Waals surface area (Å²) < 4.78 is 10.6. The first-order chi connectivity index (χ1) is 15.8. The van der Waals surface area contributed by atoms with Crippen molar-refractivity contribution >= 4 is 29.7 Å². The van der Waals surface area contributed by atoms with E-state index in [2.05, 4.69) is 16.0 Å². The smallest absolute Gasteiger partial charge is 0.326 e. The first kappa shape index (κ1) is 29.2. The molecule has 8 N–H and O–H groups in total. The molecule has 0 saturated carbocycles. The number of carboxylic acid groups (broad SMARTS) is 2. The summed E-state index contributed by atoms with van der Waals surface area (Å²) in [5, 5.41) is 54.4. The van der Waals surface area contributed by atoms with E-state index in [4.69, 9.17) is 19.7 Å². The van der Waals surface area contributed by atoms with Crippen molar-refractivity contribution in [2.24, 2.45) is 0 Å². The lowest BCUT2D eigenvalue weighted by Crippen LogP contribution is -2.65. The van der Waals surface area contributed by atoms with E-state index in [1.54, 1.807) is 0 Å². The highest BCUT2D eigenvalue weighted by Crippen LogP contribution is 2.23. The van der Waals surface area contributed by atoms with Gasteiger partial charge in [-0.2, -0.15) is 0 Å². The minimum absolute atomic E-state index is 0.364. The monoisotopic (exact) mass is 493 g/mol. The quantitative estimate of drug-likeness (QED) is 0.131. The Bertz CT molecular complexity index is 763. The van der Waals surface area contributed by atoms with Crippen LogP contribution in [0.3, 0.4) is 0 Å². The van der Waals surface area contributed by atoms with Crippen LogP contribution in [0.15, 0.2) is 0 Å². The van der Waals surface area contributed by atoms with Gasteiger partial charge in [-0.1, -0.05) is 0 Å². The second kappa shape index (κ2) is 13.1. The van der Waals surface area contributed by atoms with Crippen LogP contribution in [-0.2, 0) is 33.4 Å². The number of aliphatic hydroxyl groups excluding tert-OH is 3. The summed E-state index contributed by atoms with van der Waals surface area (Å²) in [6.45, 7) is 2.98. The van der Waals surface area contributed by atoms with Gasteiger partial charge in [0.25, 0.3) is 0 Å². The molecule has 15 nitrogen and oxygen atoms in total. The summed E-state index contributed by atoms with van der Waals surface area (Å²) in [5.74, 6) is -5.02. The number of carbonyl (C=O) groups is 5. The van der Waals surface area contributed by atoms with Crippen molar-refractivity contribution in [3.8, 4) is 0 Å². The molecule has 0 aromatic heterocycles. The minimum atomic E-state index is -1.66. The summed E-state index contributed by atoms with van der Waals surface area (Å²) in [5.41, 5.74) is 0. The number of rotatable bonds is 12. The highest BCUT2D eigenvalue weighted by molar-refractivity contribution is 5.91. The Labute approximate surface area is 194 Å². The Morgan fingerprint density at radius 2 is 1.65 bits per heavy atom. The molecule has 1 aliphatic rings. The maximum Gasteiger partial charge on any atom is 0.326 e. The fourth-order valence-corrected chi connectivity index (χ4v) is 3.15. The van der Waals surface area contributed by atoms with Crippen molar-refractivity contribution in [1.29, 1.82) is 0 Å². The number of ether oxygens (including phenoxy) is 2. The molecule has 1 rings (SSSR count). The zero-order valence-corrected chi connectivity index (χ0v) is 18.8. The highest BCUT2D eigenvalue weighted by atomic mass is 16.6. The van der Waals surface area contributed by atoms with Gasteiger partial charge in [-0.3, -0.25) is 19.2 Å². The molecule has 1 saturated heterocycles. The van der Waals surface area contributed by atoms with Crippen molar-refractivity contribution in [2.45, 2.75) is 82.4 Å². The number of hydrogen-bond acceptors (Lipinski definition) is 10. The molecule has 0 spiro atoms. The van der Waals surface area contributed by atoms with Crippen LogP contribution in [0.1, 0.15) is 33.6 Å². The largest absolute Gasteiger partial charge is 0.481 e. The van der Waals surface area contributed by atoms with Gasteiger partial charge in [0.05, 0.1) is 6.61 Å². The van der Waals surface area contributed by atoms with Gasteiger partial charge >= 0.3 is 11.9 Å². The Hall–Kier alpha value is -2.85. The van der Waals surface area contributed by atoms with Gasteiger partial charge < -0.3 is 51.0 Å². The molecular formula is C19H31N3O12. The van der Waals surface area contributed by atoms with Crippen LogP contribution in [0, 0.1) is 0 Å². The van der Waals surface area contributed by atoms with Crippen LogP contribution < -0.4 is 16.0 Å². The molecule has 0 bridgehead atoms. The van der Waals surface area contributed by atoms with E-state index >= 15 is 0 Å². The van der Waals surface area contributed by atoms with Crippen LogP contribution in [0.2, 0.25) is 0 Å². The zero-order chi connectivity index (χ0) is 26.2. The summed E-state index contributed by atoms with van der Waals surface area (Å²) in [6, 6.07) is -4.01. The van der Waals surface area contributed by atoms with Gasteiger partial charge in [-0.15, -0.1) is 0 Å². The normalized spacial score (nSPS) is 27.1. The average molecular weight is 493 g/mol. The fraction of sp³-hybridized carbons (Fsp3) is 0.737. The second-order valence-electron chi connectivity index (χ2n) is 7.77. The maximum absolute atomic E-state index is 12.5. The second-order valence-corrected chi connectivity index (χ2v) is 7.77. The summed E-state index contributed by atoms with van der Waals surface area (Å²) in [6.07, 6.45) is -8.02. The molecule has 194 valence electrons. The number of carboxylic acids is 2. The van der Waals surface area contributed by atoms with Gasteiger partial charge in [-0.25, -0.2) is 4.79 Å². The Morgan fingerprint density at radius 1 is 1.03 bits per heavy atom. The summed E-state index contributed by atoms with van der Waals surface area (Å²) in [4.78, 5) is 58.1. The Morgan fingerprint density at radius 3 is 2.15 bits per heavy atom. The number of nitrogens with one attached hydrogen (secondary N) is 3. The molecule has 0 aromatic rings. The van der Waals surface area contributed by atoms with Crippen molar-refractivity contribution in [1.82, 2.24) is 16.0 Å². The van der Waals surface area contributed by atoms with E-state index in [-0.39, 0.29) is 6.42 Å². The topological polar surface area (TPSA) is 241 Å². The molecular weight excluding hydrogens is 462 g/mol. The van der Waals surface area contributed by atoms with Crippen molar-refractivity contribution < 1.29 is 59.0 Å². The van der Waals surface area contributed by atoms with Crippen molar-refractivity contribution in [3.63, 3.8) is 0 Å². The van der Waals surface area contributed by atoms with Crippen LogP contribution in [0.5, 0.6) is 0 Å². The average Bonchev–Trinajstić information content (AvgIpc) is 2.74. The lowest BCUT2D eigenvalue weighted by atomic mass is 9.96. The molecule has 3 amide bonds. The van der Waals surface area contributed by atoms with Gasteiger partial charge in [0.1, 0.15) is 42.5 Å². The summed E-state index contributed by atoms with van der Waals surface area (Å²) >= 11 is 0. The molecule has 1 aliphatic heterocycles. The molecule has 0 aliphatic carbocycles. The fourth-order valence-electron chi connectivity index (χ4n) is 3.15. The van der Waals surface area contributed by atoms with E-state index in [9.17, 15) is 39.3 Å². The van der Waals surface area contributed by atoms with E-state index in [1.807, 2.05) is 0 Å². The van der Waals surface area contributed by atoms with Crippen LogP contribution >= 0.6 is 0 Å². The molecule has 8 atom stereocenters. The van der Waals surface area contributed by atoms with Gasteiger partial charge in [0.15, 0.2) is 6.29 Å². The van der Waals surface area contributed by atoms with E-state index in [0.29, 0.717) is 0 Å². The third-order valence-corrected chi connectivity index (χ3v) is 4.99. The van der Waals surface area contributed by atoms with Crippen LogP contribution in [-0.4, -0.2) is 111 Å². The predicted molar refractivity (Wildman–Crippen MR) is 110 cm³/mol. The van der Waals surface area contributed by atoms with E-state index in [1.165, 1.54) is 13.8 Å². The third kappa shape index (κ3) is 8.49. The van der Waals surface area contributed by atoms with Crippen LogP contribution in [0.25, 0.3) is 0 Å². The summed E-state index contributed by atoms with van der Waals surface area (Å²) in [7, 11) is 0. The number of aliphatic hydroxyl groups is 3.